The number of anilines is 1. The molecule has 1 aromatic rings. The number of carbonyl (C=O) groups is 1. The van der Waals surface area contributed by atoms with Gasteiger partial charge in [0, 0.05) is 32.4 Å². The lowest BCUT2D eigenvalue weighted by Crippen LogP contribution is -2.49. The quantitative estimate of drug-likeness (QED) is 0.713. The maximum Gasteiger partial charge on any atom is 0.244 e. The minimum absolute atomic E-state index is 0.0680. The molecule has 1 aliphatic heterocycles. The van der Waals surface area contributed by atoms with E-state index in [2.05, 4.69) is 15.9 Å². The molecule has 0 saturated carbocycles. The van der Waals surface area contributed by atoms with Crippen molar-refractivity contribution in [1.82, 2.24) is 19.6 Å². The Labute approximate surface area is 106 Å². The molecule has 2 rings (SSSR count). The van der Waals surface area contributed by atoms with Crippen molar-refractivity contribution in [2.75, 3.05) is 38.5 Å². The summed E-state index contributed by atoms with van der Waals surface area (Å²) in [7, 11) is 0. The Bertz CT molecular complexity index is 453. The minimum atomic E-state index is 0.0680. The third-order valence-corrected chi connectivity index (χ3v) is 2.99. The van der Waals surface area contributed by atoms with E-state index in [4.69, 9.17) is 12.2 Å². The van der Waals surface area contributed by atoms with Crippen LogP contribution in [0.2, 0.25) is 0 Å². The number of rotatable bonds is 3. The van der Waals surface area contributed by atoms with Crippen LogP contribution in [0.4, 0.5) is 5.69 Å². The second kappa shape index (κ2) is 5.56. The zero-order valence-corrected chi connectivity index (χ0v) is 10.2. The summed E-state index contributed by atoms with van der Waals surface area (Å²) >= 11 is 0. The summed E-state index contributed by atoms with van der Waals surface area (Å²) in [6.07, 6.45) is 8.46. The van der Waals surface area contributed by atoms with Gasteiger partial charge in [0.15, 0.2) is 0 Å². The van der Waals surface area contributed by atoms with E-state index in [0.717, 1.165) is 26.2 Å². The van der Waals surface area contributed by atoms with Gasteiger partial charge >= 0.3 is 0 Å². The molecule has 2 heterocycles. The summed E-state index contributed by atoms with van der Waals surface area (Å²) in [6, 6.07) is 0. The van der Waals surface area contributed by atoms with Crippen molar-refractivity contribution in [2.45, 2.75) is 6.54 Å². The molecule has 0 bridgehead atoms. The van der Waals surface area contributed by atoms with Gasteiger partial charge in [0.05, 0.1) is 18.4 Å². The van der Waals surface area contributed by atoms with E-state index in [0.29, 0.717) is 12.2 Å². The lowest BCUT2D eigenvalue weighted by molar-refractivity contribution is -0.133. The average Bonchev–Trinajstić information content (AvgIpc) is 2.76. The SMILES string of the molecule is C#CCN1CCN(C(=O)Cn2cc(N)cn2)CC1. The molecule has 0 unspecified atom stereocenters. The molecule has 0 aliphatic carbocycles. The first kappa shape index (κ1) is 12.5. The van der Waals surface area contributed by atoms with Crippen molar-refractivity contribution in [3.63, 3.8) is 0 Å². The van der Waals surface area contributed by atoms with Crippen molar-refractivity contribution in [2.24, 2.45) is 0 Å². The lowest BCUT2D eigenvalue weighted by atomic mass is 10.3. The number of nitrogen functional groups attached to an aromatic ring is 1. The van der Waals surface area contributed by atoms with Gasteiger partial charge < -0.3 is 10.6 Å². The Balaban J connectivity index is 1.83. The van der Waals surface area contributed by atoms with Gasteiger partial charge in [-0.25, -0.2) is 0 Å². The van der Waals surface area contributed by atoms with E-state index in [-0.39, 0.29) is 12.5 Å². The monoisotopic (exact) mass is 247 g/mol. The second-order valence-corrected chi connectivity index (χ2v) is 4.33. The zero-order chi connectivity index (χ0) is 13.0. The van der Waals surface area contributed by atoms with Crippen LogP contribution < -0.4 is 5.73 Å². The van der Waals surface area contributed by atoms with Gasteiger partial charge in [0.1, 0.15) is 6.54 Å². The smallest absolute Gasteiger partial charge is 0.244 e. The first-order valence-corrected chi connectivity index (χ1v) is 5.90. The van der Waals surface area contributed by atoms with Crippen LogP contribution in [0, 0.1) is 12.3 Å². The summed E-state index contributed by atoms with van der Waals surface area (Å²) < 4.78 is 1.56. The van der Waals surface area contributed by atoms with Crippen molar-refractivity contribution in [3.8, 4) is 12.3 Å². The average molecular weight is 247 g/mol. The fourth-order valence-corrected chi connectivity index (χ4v) is 1.99. The van der Waals surface area contributed by atoms with E-state index in [1.165, 1.54) is 6.20 Å². The van der Waals surface area contributed by atoms with Crippen LogP contribution in [0.25, 0.3) is 0 Å². The van der Waals surface area contributed by atoms with E-state index < -0.39 is 0 Å². The highest BCUT2D eigenvalue weighted by atomic mass is 16.2. The highest BCUT2D eigenvalue weighted by Gasteiger charge is 2.20. The highest BCUT2D eigenvalue weighted by molar-refractivity contribution is 5.76. The predicted octanol–water partition coefficient (Wildman–Crippen LogP) is -0.757. The fraction of sp³-hybridized carbons (Fsp3) is 0.500. The lowest BCUT2D eigenvalue weighted by Gasteiger charge is -2.33. The van der Waals surface area contributed by atoms with E-state index in [1.807, 2.05) is 4.90 Å². The summed E-state index contributed by atoms with van der Waals surface area (Å²) in [6.45, 7) is 3.99. The maximum absolute atomic E-state index is 12.0. The molecule has 0 atom stereocenters. The van der Waals surface area contributed by atoms with Crippen molar-refractivity contribution < 1.29 is 4.79 Å². The van der Waals surface area contributed by atoms with Gasteiger partial charge in [-0.1, -0.05) is 5.92 Å². The summed E-state index contributed by atoms with van der Waals surface area (Å²) in [4.78, 5) is 16.0. The van der Waals surface area contributed by atoms with Crippen molar-refractivity contribution in [3.05, 3.63) is 12.4 Å². The standard InChI is InChI=1S/C12H17N5O/c1-2-3-15-4-6-16(7-5-15)12(18)10-17-9-11(13)8-14-17/h1,8-9H,3-7,10,13H2. The topological polar surface area (TPSA) is 67.4 Å². The molecule has 0 spiro atoms. The van der Waals surface area contributed by atoms with Gasteiger partial charge in [-0.2, -0.15) is 5.10 Å². The summed E-state index contributed by atoms with van der Waals surface area (Å²) in [5.74, 6) is 2.69. The molecule has 18 heavy (non-hydrogen) atoms. The third kappa shape index (κ3) is 3.02. The molecule has 0 aromatic carbocycles. The number of carbonyl (C=O) groups excluding carboxylic acids is 1. The van der Waals surface area contributed by atoms with E-state index in [9.17, 15) is 4.79 Å². The molecule has 96 valence electrons. The second-order valence-electron chi connectivity index (χ2n) is 4.33. The van der Waals surface area contributed by atoms with Crippen molar-refractivity contribution >= 4 is 11.6 Å². The Morgan fingerprint density at radius 1 is 1.44 bits per heavy atom. The number of amides is 1. The number of hydrogen-bond acceptors (Lipinski definition) is 4. The number of terminal acetylenes is 1. The fourth-order valence-electron chi connectivity index (χ4n) is 1.99. The molecule has 1 aliphatic rings. The number of piperazine rings is 1. The third-order valence-electron chi connectivity index (χ3n) is 2.99. The Hall–Kier alpha value is -2.00. The molecule has 1 amide bonds. The van der Waals surface area contributed by atoms with Crippen LogP contribution in [0.5, 0.6) is 0 Å². The Morgan fingerprint density at radius 3 is 2.72 bits per heavy atom. The molecular formula is C12H17N5O. The number of nitrogens with zero attached hydrogens (tertiary/aromatic N) is 4. The molecule has 2 N–H and O–H groups in total. The first-order chi connectivity index (χ1) is 8.69. The molecule has 1 fully saturated rings. The molecular weight excluding hydrogens is 230 g/mol. The predicted molar refractivity (Wildman–Crippen MR) is 68.5 cm³/mol. The number of aromatic nitrogens is 2. The van der Waals surface area contributed by atoms with Crippen LogP contribution in [-0.2, 0) is 11.3 Å². The minimum Gasteiger partial charge on any atom is -0.396 e. The summed E-state index contributed by atoms with van der Waals surface area (Å²) in [5, 5.41) is 4.00. The molecule has 1 saturated heterocycles. The molecule has 6 nitrogen and oxygen atoms in total. The maximum atomic E-state index is 12.0. The largest absolute Gasteiger partial charge is 0.396 e. The number of hydrogen-bond donors (Lipinski definition) is 1. The Kier molecular flexibility index (Phi) is 3.85. The van der Waals surface area contributed by atoms with E-state index in [1.54, 1.807) is 10.9 Å². The normalized spacial score (nSPS) is 16.5. The van der Waals surface area contributed by atoms with Gasteiger partial charge in [-0.3, -0.25) is 14.4 Å². The van der Waals surface area contributed by atoms with E-state index >= 15 is 0 Å². The number of nitrogens with two attached hydrogens (primary N) is 1. The molecule has 1 aromatic heterocycles. The molecule has 0 radical (unpaired) electrons. The Morgan fingerprint density at radius 2 is 2.17 bits per heavy atom. The zero-order valence-electron chi connectivity index (χ0n) is 10.2. The first-order valence-electron chi connectivity index (χ1n) is 5.90. The van der Waals surface area contributed by atoms with Gasteiger partial charge in [-0.15, -0.1) is 6.42 Å². The van der Waals surface area contributed by atoms with Gasteiger partial charge in [0.2, 0.25) is 5.91 Å². The van der Waals surface area contributed by atoms with Crippen LogP contribution in [0.1, 0.15) is 0 Å². The van der Waals surface area contributed by atoms with Crippen molar-refractivity contribution in [1.29, 1.82) is 0 Å². The van der Waals surface area contributed by atoms with Crippen LogP contribution in [-0.4, -0.2) is 58.2 Å². The highest BCUT2D eigenvalue weighted by Crippen LogP contribution is 2.04. The van der Waals surface area contributed by atoms with Gasteiger partial charge in [0.25, 0.3) is 0 Å². The summed E-state index contributed by atoms with van der Waals surface area (Å²) in [5.41, 5.74) is 6.12. The van der Waals surface area contributed by atoms with Gasteiger partial charge in [-0.05, 0) is 0 Å². The molecule has 6 heteroatoms. The van der Waals surface area contributed by atoms with Crippen LogP contribution >= 0.6 is 0 Å². The van der Waals surface area contributed by atoms with Crippen LogP contribution in [0.3, 0.4) is 0 Å². The van der Waals surface area contributed by atoms with Crippen LogP contribution in [0.15, 0.2) is 12.4 Å².